The average molecular weight is 311 g/mol. The van der Waals surface area contributed by atoms with Gasteiger partial charge in [-0.2, -0.15) is 0 Å². The van der Waals surface area contributed by atoms with Gasteiger partial charge in [0.2, 0.25) is 0 Å². The van der Waals surface area contributed by atoms with Gasteiger partial charge in [0.15, 0.2) is 6.29 Å². The van der Waals surface area contributed by atoms with Crippen molar-refractivity contribution in [3.05, 3.63) is 66.2 Å². The molecular formula is C19H23N2O2+. The minimum atomic E-state index is 0.0358. The van der Waals surface area contributed by atoms with Gasteiger partial charge >= 0.3 is 0 Å². The predicted molar refractivity (Wildman–Crippen MR) is 95.8 cm³/mol. The lowest BCUT2D eigenvalue weighted by Gasteiger charge is -2.00. The fraction of sp³-hybridized carbons (Fsp3) is 0.105. The minimum Gasteiger partial charge on any atom is -0.507 e. The Hall–Kier alpha value is -2.85. The summed E-state index contributed by atoms with van der Waals surface area (Å²) in [6.45, 7) is 4.00. The van der Waals surface area contributed by atoms with E-state index in [1.807, 2.05) is 62.4 Å². The summed E-state index contributed by atoms with van der Waals surface area (Å²) in [7, 11) is 0. The number of phenolic OH excluding ortho intramolecular Hbond substituents is 1. The van der Waals surface area contributed by atoms with Gasteiger partial charge in [0.25, 0.3) is 0 Å². The molecule has 0 heterocycles. The van der Waals surface area contributed by atoms with Gasteiger partial charge in [-0.25, -0.2) is 0 Å². The first-order valence-corrected chi connectivity index (χ1v) is 7.44. The average Bonchev–Trinajstić information content (AvgIpc) is 2.56. The first-order chi connectivity index (χ1) is 11.1. The van der Waals surface area contributed by atoms with Crippen LogP contribution in [0.1, 0.15) is 24.2 Å². The van der Waals surface area contributed by atoms with Crippen LogP contribution in [-0.4, -0.2) is 11.4 Å². The summed E-state index contributed by atoms with van der Waals surface area (Å²) in [5, 5.41) is 11.3. The number of hydrogen-bond acceptors (Lipinski definition) is 3. The van der Waals surface area contributed by atoms with E-state index in [-0.39, 0.29) is 5.75 Å². The number of aromatic hydroxyl groups is 1. The summed E-state index contributed by atoms with van der Waals surface area (Å²) in [6, 6.07) is 18.3. The van der Waals surface area contributed by atoms with Crippen molar-refractivity contribution < 1.29 is 15.6 Å². The van der Waals surface area contributed by atoms with E-state index in [9.17, 15) is 9.90 Å². The summed E-state index contributed by atoms with van der Waals surface area (Å²) < 4.78 is 0. The number of aldehydes is 1. The lowest BCUT2D eigenvalue weighted by Crippen LogP contribution is -2.39. The van der Waals surface area contributed by atoms with Gasteiger partial charge in [-0.1, -0.05) is 44.2 Å². The van der Waals surface area contributed by atoms with Gasteiger partial charge in [0.1, 0.15) is 11.4 Å². The SMILES string of the molecule is CC.Nc1cccc([NH3+])c1.O=Cc1cc2ccccc2cc1O. The molecule has 0 amide bonds. The highest BCUT2D eigenvalue weighted by atomic mass is 16.3. The quantitative estimate of drug-likeness (QED) is 0.474. The van der Waals surface area contributed by atoms with Gasteiger partial charge in [-0.15, -0.1) is 0 Å². The van der Waals surface area contributed by atoms with Crippen molar-refractivity contribution in [1.82, 2.24) is 0 Å². The van der Waals surface area contributed by atoms with Crippen molar-refractivity contribution in [2.75, 3.05) is 5.73 Å². The zero-order valence-corrected chi connectivity index (χ0v) is 13.5. The number of nitrogen functional groups attached to an aromatic ring is 1. The van der Waals surface area contributed by atoms with E-state index in [0.29, 0.717) is 11.8 Å². The van der Waals surface area contributed by atoms with Gasteiger partial charge in [-0.05, 0) is 35.0 Å². The number of phenols is 1. The Kier molecular flexibility index (Phi) is 7.30. The van der Waals surface area contributed by atoms with E-state index in [1.54, 1.807) is 12.1 Å². The van der Waals surface area contributed by atoms with Gasteiger partial charge in [0.05, 0.1) is 5.56 Å². The summed E-state index contributed by atoms with van der Waals surface area (Å²) in [4.78, 5) is 10.5. The second kappa shape index (κ2) is 9.23. The molecule has 3 aromatic carbocycles. The summed E-state index contributed by atoms with van der Waals surface area (Å²) >= 11 is 0. The van der Waals surface area contributed by atoms with E-state index in [1.165, 1.54) is 0 Å². The monoisotopic (exact) mass is 311 g/mol. The fourth-order valence-electron chi connectivity index (χ4n) is 1.93. The molecular weight excluding hydrogens is 288 g/mol. The highest BCUT2D eigenvalue weighted by molar-refractivity contribution is 5.91. The molecule has 0 aliphatic rings. The second-order valence-corrected chi connectivity index (χ2v) is 4.62. The molecule has 0 radical (unpaired) electrons. The zero-order chi connectivity index (χ0) is 17.2. The maximum atomic E-state index is 10.5. The second-order valence-electron chi connectivity index (χ2n) is 4.62. The number of rotatable bonds is 1. The zero-order valence-electron chi connectivity index (χ0n) is 13.5. The maximum Gasteiger partial charge on any atom is 0.153 e. The molecule has 3 rings (SSSR count). The Bertz CT molecular complexity index is 753. The van der Waals surface area contributed by atoms with Gasteiger partial charge in [0, 0.05) is 11.8 Å². The topological polar surface area (TPSA) is 91.0 Å². The first kappa shape index (κ1) is 18.2. The molecule has 0 aliphatic heterocycles. The van der Waals surface area contributed by atoms with Crippen LogP contribution in [0.25, 0.3) is 10.8 Å². The number of hydrogen-bond donors (Lipinski definition) is 3. The molecule has 0 saturated carbocycles. The van der Waals surface area contributed by atoms with Crippen molar-refractivity contribution in [1.29, 1.82) is 0 Å². The molecule has 6 N–H and O–H groups in total. The number of fused-ring (bicyclic) bond motifs is 1. The standard InChI is InChI=1S/C11H8O2.C6H8N2.C2H6/c12-7-10-5-8-3-1-2-4-9(8)6-11(10)13;7-5-2-1-3-6(8)4-5;1-2/h1-7,13H;1-4H,7-8H2;1-2H3/p+1. The highest BCUT2D eigenvalue weighted by Gasteiger charge is 2.01. The maximum absolute atomic E-state index is 10.5. The predicted octanol–water partition coefficient (Wildman–Crippen LogP) is 3.53. The summed E-state index contributed by atoms with van der Waals surface area (Å²) in [5.74, 6) is 0.0358. The van der Waals surface area contributed by atoms with Crippen LogP contribution in [-0.2, 0) is 0 Å². The normalized spacial score (nSPS) is 9.17. The molecule has 4 nitrogen and oxygen atoms in total. The Morgan fingerprint density at radius 3 is 2.04 bits per heavy atom. The molecule has 0 atom stereocenters. The van der Waals surface area contributed by atoms with Crippen molar-refractivity contribution in [2.24, 2.45) is 0 Å². The van der Waals surface area contributed by atoms with Crippen molar-refractivity contribution >= 4 is 28.4 Å². The number of nitrogens with two attached hydrogens (primary N) is 1. The van der Waals surface area contributed by atoms with E-state index < -0.39 is 0 Å². The smallest absolute Gasteiger partial charge is 0.153 e. The van der Waals surface area contributed by atoms with E-state index in [2.05, 4.69) is 5.73 Å². The van der Waals surface area contributed by atoms with Crippen LogP contribution < -0.4 is 11.5 Å². The van der Waals surface area contributed by atoms with Crippen LogP contribution in [0, 0.1) is 0 Å². The molecule has 0 aliphatic carbocycles. The van der Waals surface area contributed by atoms with Crippen molar-refractivity contribution in [2.45, 2.75) is 13.8 Å². The molecule has 0 aromatic heterocycles. The molecule has 0 saturated heterocycles. The number of anilines is 1. The lowest BCUT2D eigenvalue weighted by atomic mass is 10.1. The molecule has 0 bridgehead atoms. The molecule has 0 spiro atoms. The number of quaternary nitrogens is 1. The molecule has 120 valence electrons. The third-order valence-electron chi connectivity index (χ3n) is 2.97. The molecule has 0 unspecified atom stereocenters. The third-order valence-corrected chi connectivity index (χ3v) is 2.97. The Morgan fingerprint density at radius 1 is 0.957 bits per heavy atom. The Morgan fingerprint density at radius 2 is 1.57 bits per heavy atom. The van der Waals surface area contributed by atoms with Crippen molar-refractivity contribution in [3.8, 4) is 5.75 Å². The fourth-order valence-corrected chi connectivity index (χ4v) is 1.93. The van der Waals surface area contributed by atoms with Crippen LogP contribution in [0.15, 0.2) is 60.7 Å². The summed E-state index contributed by atoms with van der Waals surface area (Å²) in [6.07, 6.45) is 0.655. The van der Waals surface area contributed by atoms with Gasteiger partial charge < -0.3 is 16.6 Å². The van der Waals surface area contributed by atoms with E-state index in [4.69, 9.17) is 5.73 Å². The van der Waals surface area contributed by atoms with Crippen molar-refractivity contribution in [3.63, 3.8) is 0 Å². The third kappa shape index (κ3) is 5.45. The van der Waals surface area contributed by atoms with Gasteiger partial charge in [-0.3, -0.25) is 4.79 Å². The summed E-state index contributed by atoms with van der Waals surface area (Å²) in [5.41, 5.74) is 11.2. The molecule has 0 fully saturated rings. The molecule has 3 aromatic rings. The lowest BCUT2D eigenvalue weighted by molar-refractivity contribution is -0.254. The van der Waals surface area contributed by atoms with E-state index in [0.717, 1.165) is 22.1 Å². The number of benzene rings is 3. The first-order valence-electron chi connectivity index (χ1n) is 7.44. The van der Waals surface area contributed by atoms with Crippen LogP contribution >= 0.6 is 0 Å². The Balaban J connectivity index is 0.000000228. The molecule has 23 heavy (non-hydrogen) atoms. The number of carbonyl (C=O) groups excluding carboxylic acids is 1. The van der Waals surface area contributed by atoms with Crippen LogP contribution in [0.4, 0.5) is 11.4 Å². The number of carbonyl (C=O) groups is 1. The van der Waals surface area contributed by atoms with Crippen LogP contribution in [0.5, 0.6) is 5.75 Å². The van der Waals surface area contributed by atoms with E-state index >= 15 is 0 Å². The minimum absolute atomic E-state index is 0.0358. The largest absolute Gasteiger partial charge is 0.507 e. The van der Waals surface area contributed by atoms with Crippen LogP contribution in [0.2, 0.25) is 0 Å². The Labute approximate surface area is 136 Å². The highest BCUT2D eigenvalue weighted by Crippen LogP contribution is 2.23. The molecule has 4 heteroatoms. The van der Waals surface area contributed by atoms with Crippen LogP contribution in [0.3, 0.4) is 0 Å².